The first-order valence-electron chi connectivity index (χ1n) is 8.78. The summed E-state index contributed by atoms with van der Waals surface area (Å²) >= 11 is 0. The Balaban J connectivity index is 2.13. The second-order valence-corrected chi connectivity index (χ2v) is 6.54. The fourth-order valence-electron chi connectivity index (χ4n) is 3.12. The van der Waals surface area contributed by atoms with Crippen LogP contribution in [-0.2, 0) is 4.79 Å². The molecule has 1 heterocycles. The highest BCUT2D eigenvalue weighted by Gasteiger charge is 2.25. The molecule has 0 atom stereocenters. The summed E-state index contributed by atoms with van der Waals surface area (Å²) in [5, 5.41) is 1.61. The molecule has 1 aromatic rings. The summed E-state index contributed by atoms with van der Waals surface area (Å²) in [5.74, 6) is 6.36. The number of nitrogens with zero attached hydrogens (tertiary/aromatic N) is 3. The lowest BCUT2D eigenvalue weighted by atomic mass is 10.1. The molecule has 0 aliphatic carbocycles. The van der Waals surface area contributed by atoms with Gasteiger partial charge in [-0.3, -0.25) is 14.7 Å². The summed E-state index contributed by atoms with van der Waals surface area (Å²) in [6.45, 7) is 11.8. The number of piperazine rings is 1. The van der Waals surface area contributed by atoms with Gasteiger partial charge < -0.3 is 4.90 Å². The average Bonchev–Trinajstić information content (AvgIpc) is 2.62. The van der Waals surface area contributed by atoms with Crippen LogP contribution in [0.25, 0.3) is 0 Å². The summed E-state index contributed by atoms with van der Waals surface area (Å²) in [4.78, 5) is 17.3. The van der Waals surface area contributed by atoms with Crippen molar-refractivity contribution < 1.29 is 4.79 Å². The van der Waals surface area contributed by atoms with E-state index < -0.39 is 0 Å². The van der Waals surface area contributed by atoms with Gasteiger partial charge in [0.2, 0.25) is 0 Å². The molecule has 2 rings (SSSR count). The number of anilines is 1. The summed E-state index contributed by atoms with van der Waals surface area (Å²) in [7, 11) is 0. The van der Waals surface area contributed by atoms with Gasteiger partial charge in [-0.2, -0.15) is 0 Å². The van der Waals surface area contributed by atoms with Gasteiger partial charge >= 0.3 is 0 Å². The molecule has 0 bridgehead atoms. The Morgan fingerprint density at radius 3 is 2.25 bits per heavy atom. The molecule has 1 amide bonds. The number of amides is 1. The van der Waals surface area contributed by atoms with E-state index in [1.807, 2.05) is 49.1 Å². The van der Waals surface area contributed by atoms with Crippen LogP contribution in [0.1, 0.15) is 34.1 Å². The van der Waals surface area contributed by atoms with E-state index in [1.54, 1.807) is 5.01 Å². The second kappa shape index (κ2) is 8.31. The van der Waals surface area contributed by atoms with E-state index in [0.29, 0.717) is 12.5 Å². The molecule has 1 saturated heterocycles. The zero-order valence-electron chi connectivity index (χ0n) is 15.3. The lowest BCUT2D eigenvalue weighted by Crippen LogP contribution is -2.51. The highest BCUT2D eigenvalue weighted by atomic mass is 16.2. The van der Waals surface area contributed by atoms with Crippen LogP contribution in [0.15, 0.2) is 41.6 Å². The van der Waals surface area contributed by atoms with E-state index in [2.05, 4.69) is 18.7 Å². The molecule has 24 heavy (non-hydrogen) atoms. The van der Waals surface area contributed by atoms with Crippen LogP contribution in [0, 0.1) is 0 Å². The zero-order chi connectivity index (χ0) is 17.7. The largest absolute Gasteiger partial charge is 0.336 e. The van der Waals surface area contributed by atoms with Gasteiger partial charge in [-0.05, 0) is 39.3 Å². The second-order valence-electron chi connectivity index (χ2n) is 6.54. The SMILES string of the molecule is CC/C(C(=O)N1CCN(C(C)C)CC1)=C(/C)N(N)c1ccccc1. The number of rotatable bonds is 5. The number of hydrogen-bond donors (Lipinski definition) is 1. The van der Waals surface area contributed by atoms with E-state index in [1.165, 1.54) is 0 Å². The Kier molecular flexibility index (Phi) is 6.40. The van der Waals surface area contributed by atoms with Crippen molar-refractivity contribution in [2.24, 2.45) is 5.84 Å². The van der Waals surface area contributed by atoms with E-state index in [4.69, 9.17) is 5.84 Å². The molecule has 0 spiro atoms. The van der Waals surface area contributed by atoms with E-state index in [0.717, 1.165) is 43.1 Å². The molecule has 1 fully saturated rings. The topological polar surface area (TPSA) is 52.8 Å². The maximum absolute atomic E-state index is 13.0. The molecule has 132 valence electrons. The third-order valence-corrected chi connectivity index (χ3v) is 4.78. The van der Waals surface area contributed by atoms with Gasteiger partial charge in [0.25, 0.3) is 5.91 Å². The van der Waals surface area contributed by atoms with Gasteiger partial charge in [-0.1, -0.05) is 25.1 Å². The quantitative estimate of drug-likeness (QED) is 0.512. The van der Waals surface area contributed by atoms with Gasteiger partial charge in [-0.25, -0.2) is 5.84 Å². The Morgan fingerprint density at radius 2 is 1.75 bits per heavy atom. The minimum absolute atomic E-state index is 0.116. The number of para-hydroxylation sites is 1. The number of benzene rings is 1. The number of hydrazine groups is 1. The highest BCUT2D eigenvalue weighted by molar-refractivity contribution is 5.94. The van der Waals surface area contributed by atoms with Crippen LogP contribution in [0.3, 0.4) is 0 Å². The molecular weight excluding hydrogens is 300 g/mol. The lowest BCUT2D eigenvalue weighted by molar-refractivity contribution is -0.129. The molecule has 5 nitrogen and oxygen atoms in total. The maximum Gasteiger partial charge on any atom is 0.251 e. The van der Waals surface area contributed by atoms with Gasteiger partial charge in [-0.15, -0.1) is 0 Å². The van der Waals surface area contributed by atoms with E-state index in [9.17, 15) is 4.79 Å². The number of allylic oxidation sites excluding steroid dienone is 1. The number of carbonyl (C=O) groups excluding carboxylic acids is 1. The fraction of sp³-hybridized carbons (Fsp3) is 0.526. The number of hydrogen-bond acceptors (Lipinski definition) is 4. The smallest absolute Gasteiger partial charge is 0.251 e. The Bertz CT molecular complexity index is 574. The van der Waals surface area contributed by atoms with Crippen molar-refractivity contribution in [2.45, 2.75) is 40.2 Å². The van der Waals surface area contributed by atoms with Crippen molar-refractivity contribution in [1.82, 2.24) is 9.80 Å². The third kappa shape index (κ3) is 4.16. The molecule has 0 unspecified atom stereocenters. The van der Waals surface area contributed by atoms with Gasteiger partial charge in [0.1, 0.15) is 0 Å². The minimum Gasteiger partial charge on any atom is -0.336 e. The van der Waals surface area contributed by atoms with Crippen molar-refractivity contribution in [3.63, 3.8) is 0 Å². The minimum atomic E-state index is 0.116. The lowest BCUT2D eigenvalue weighted by Gasteiger charge is -2.37. The van der Waals surface area contributed by atoms with Crippen molar-refractivity contribution in [3.8, 4) is 0 Å². The Labute approximate surface area is 145 Å². The van der Waals surface area contributed by atoms with E-state index >= 15 is 0 Å². The monoisotopic (exact) mass is 330 g/mol. The molecule has 1 aromatic carbocycles. The van der Waals surface area contributed by atoms with Gasteiger partial charge in [0.05, 0.1) is 5.69 Å². The van der Waals surface area contributed by atoms with Crippen LogP contribution in [0.4, 0.5) is 5.69 Å². The number of nitrogens with two attached hydrogens (primary N) is 1. The molecule has 1 aliphatic rings. The molecule has 1 aliphatic heterocycles. The van der Waals surface area contributed by atoms with Crippen LogP contribution < -0.4 is 10.9 Å². The molecule has 2 N–H and O–H groups in total. The predicted molar refractivity (Wildman–Crippen MR) is 99.4 cm³/mol. The van der Waals surface area contributed by atoms with Crippen molar-refractivity contribution in [2.75, 3.05) is 31.2 Å². The summed E-state index contributed by atoms with van der Waals surface area (Å²) in [6.07, 6.45) is 0.676. The normalized spacial score (nSPS) is 17.0. The fourth-order valence-corrected chi connectivity index (χ4v) is 3.12. The van der Waals surface area contributed by atoms with Crippen LogP contribution in [0.2, 0.25) is 0 Å². The van der Waals surface area contributed by atoms with Crippen molar-refractivity contribution >= 4 is 11.6 Å². The first kappa shape index (κ1) is 18.5. The van der Waals surface area contributed by atoms with E-state index in [-0.39, 0.29) is 5.91 Å². The summed E-state index contributed by atoms with van der Waals surface area (Å²) in [5.41, 5.74) is 2.50. The third-order valence-electron chi connectivity index (χ3n) is 4.78. The zero-order valence-corrected chi connectivity index (χ0v) is 15.3. The first-order valence-corrected chi connectivity index (χ1v) is 8.78. The van der Waals surface area contributed by atoms with Gasteiger partial charge in [0.15, 0.2) is 0 Å². The molecule has 0 aromatic heterocycles. The van der Waals surface area contributed by atoms with Crippen molar-refractivity contribution in [1.29, 1.82) is 0 Å². The van der Waals surface area contributed by atoms with Crippen LogP contribution in [0.5, 0.6) is 0 Å². The Morgan fingerprint density at radius 1 is 1.17 bits per heavy atom. The standard InChI is InChI=1S/C19H30N4O/c1-5-18(16(4)23(20)17-9-7-6-8-10-17)19(24)22-13-11-21(12-14-22)15(2)3/h6-10,15H,5,11-14,20H2,1-4H3/b18-16+. The van der Waals surface area contributed by atoms with Crippen LogP contribution in [-0.4, -0.2) is 47.9 Å². The summed E-state index contributed by atoms with van der Waals surface area (Å²) in [6, 6.07) is 10.3. The first-order chi connectivity index (χ1) is 11.5. The average molecular weight is 330 g/mol. The Hall–Kier alpha value is -1.85. The summed E-state index contributed by atoms with van der Waals surface area (Å²) < 4.78 is 0. The molecular formula is C19H30N4O. The maximum atomic E-state index is 13.0. The highest BCUT2D eigenvalue weighted by Crippen LogP contribution is 2.21. The predicted octanol–water partition coefficient (Wildman–Crippen LogP) is 2.60. The number of carbonyl (C=O) groups is 1. The van der Waals surface area contributed by atoms with Gasteiger partial charge in [0, 0.05) is 43.5 Å². The molecule has 0 saturated carbocycles. The van der Waals surface area contributed by atoms with Crippen molar-refractivity contribution in [3.05, 3.63) is 41.6 Å². The molecule has 0 radical (unpaired) electrons. The molecule has 5 heteroatoms. The van der Waals surface area contributed by atoms with Crippen LogP contribution >= 0.6 is 0 Å².